The van der Waals surface area contributed by atoms with Gasteiger partial charge in [0.2, 0.25) is 11.8 Å². The Balaban J connectivity index is 1.75. The molecule has 6 heteroatoms. The number of nitrogen functional groups attached to an aromatic ring is 1. The minimum Gasteiger partial charge on any atom is -0.487 e. The summed E-state index contributed by atoms with van der Waals surface area (Å²) in [6.07, 6.45) is 2.02. The number of benzene rings is 1. The number of nitrogens with one attached hydrogen (secondary N) is 1. The Labute approximate surface area is 136 Å². The van der Waals surface area contributed by atoms with Crippen LogP contribution in [-0.2, 0) is 9.59 Å². The van der Waals surface area contributed by atoms with Gasteiger partial charge in [-0.15, -0.1) is 0 Å². The summed E-state index contributed by atoms with van der Waals surface area (Å²) >= 11 is 0. The highest BCUT2D eigenvalue weighted by Crippen LogP contribution is 2.40. The minimum absolute atomic E-state index is 0.0529. The van der Waals surface area contributed by atoms with Crippen LogP contribution in [0.2, 0.25) is 0 Å². The molecule has 1 saturated heterocycles. The molecule has 23 heavy (non-hydrogen) atoms. The first-order chi connectivity index (χ1) is 10.8. The summed E-state index contributed by atoms with van der Waals surface area (Å²) in [7, 11) is 0. The third kappa shape index (κ3) is 3.41. The lowest BCUT2D eigenvalue weighted by Crippen LogP contribution is -2.44. The maximum atomic E-state index is 12.3. The Hall–Kier alpha value is -2.24. The predicted molar refractivity (Wildman–Crippen MR) is 86.9 cm³/mol. The molecule has 6 nitrogen and oxygen atoms in total. The van der Waals surface area contributed by atoms with Crippen molar-refractivity contribution >= 4 is 17.5 Å². The van der Waals surface area contributed by atoms with Gasteiger partial charge in [-0.05, 0) is 38.5 Å². The lowest BCUT2D eigenvalue weighted by Gasteiger charge is -2.38. The molecule has 1 fully saturated rings. The van der Waals surface area contributed by atoms with Crippen LogP contribution in [0.1, 0.15) is 44.7 Å². The number of nitrogens with zero attached hydrogens (tertiary/aromatic N) is 1. The average molecular weight is 317 g/mol. The highest BCUT2D eigenvalue weighted by Gasteiger charge is 2.35. The Bertz CT molecular complexity index is 642. The zero-order valence-electron chi connectivity index (χ0n) is 13.6. The molecule has 1 atom stereocenters. The first-order valence-corrected chi connectivity index (χ1v) is 8.00. The van der Waals surface area contributed by atoms with Gasteiger partial charge in [0.1, 0.15) is 11.4 Å². The van der Waals surface area contributed by atoms with Gasteiger partial charge in [0.15, 0.2) is 0 Å². The number of hydrogen-bond donors (Lipinski definition) is 2. The third-order valence-corrected chi connectivity index (χ3v) is 4.33. The molecule has 0 bridgehead atoms. The van der Waals surface area contributed by atoms with Gasteiger partial charge in [0.25, 0.3) is 0 Å². The quantitative estimate of drug-likeness (QED) is 0.830. The molecule has 0 spiro atoms. The van der Waals surface area contributed by atoms with E-state index in [2.05, 4.69) is 5.32 Å². The van der Waals surface area contributed by atoms with E-state index in [0.29, 0.717) is 25.1 Å². The first-order valence-electron chi connectivity index (χ1n) is 8.00. The molecule has 1 unspecified atom stereocenters. The van der Waals surface area contributed by atoms with E-state index in [0.717, 1.165) is 17.7 Å². The molecule has 124 valence electrons. The zero-order valence-corrected chi connectivity index (χ0v) is 13.6. The summed E-state index contributed by atoms with van der Waals surface area (Å²) in [6.45, 7) is 4.77. The Morgan fingerprint density at radius 2 is 2.26 bits per heavy atom. The second-order valence-corrected chi connectivity index (χ2v) is 6.90. The zero-order chi connectivity index (χ0) is 16.6. The standard InChI is InChI=1S/C17H23N3O3/c1-17(2)9-13(12-8-11(18)5-6-14(12)23-17)19-15(21)10-20-7-3-4-16(20)22/h5-6,8,13H,3-4,7,9-10,18H2,1-2H3,(H,19,21). The van der Waals surface area contributed by atoms with Gasteiger partial charge >= 0.3 is 0 Å². The maximum Gasteiger partial charge on any atom is 0.240 e. The van der Waals surface area contributed by atoms with E-state index in [4.69, 9.17) is 10.5 Å². The monoisotopic (exact) mass is 317 g/mol. The molecule has 1 aromatic rings. The lowest BCUT2D eigenvalue weighted by molar-refractivity contribution is -0.133. The topological polar surface area (TPSA) is 84.7 Å². The maximum absolute atomic E-state index is 12.3. The second kappa shape index (κ2) is 5.76. The number of rotatable bonds is 3. The number of anilines is 1. The van der Waals surface area contributed by atoms with E-state index >= 15 is 0 Å². The molecule has 3 N–H and O–H groups in total. The molecule has 0 aromatic heterocycles. The number of likely N-dealkylation sites (tertiary alicyclic amines) is 1. The summed E-state index contributed by atoms with van der Waals surface area (Å²) in [5, 5.41) is 3.04. The molecule has 2 heterocycles. The first kappa shape index (κ1) is 15.6. The van der Waals surface area contributed by atoms with Crippen LogP contribution in [0.25, 0.3) is 0 Å². The van der Waals surface area contributed by atoms with Gasteiger partial charge < -0.3 is 20.7 Å². The van der Waals surface area contributed by atoms with Gasteiger partial charge in [-0.25, -0.2) is 0 Å². The van der Waals surface area contributed by atoms with Crippen LogP contribution < -0.4 is 15.8 Å². The van der Waals surface area contributed by atoms with Crippen molar-refractivity contribution in [3.63, 3.8) is 0 Å². The summed E-state index contributed by atoms with van der Waals surface area (Å²) in [6, 6.07) is 5.32. The fourth-order valence-corrected chi connectivity index (χ4v) is 3.29. The van der Waals surface area contributed by atoms with E-state index in [1.165, 1.54) is 0 Å². The van der Waals surface area contributed by atoms with Crippen LogP contribution in [0.4, 0.5) is 5.69 Å². The van der Waals surface area contributed by atoms with Crippen LogP contribution in [0.15, 0.2) is 18.2 Å². The van der Waals surface area contributed by atoms with Gasteiger partial charge in [-0.1, -0.05) is 0 Å². The van der Waals surface area contributed by atoms with E-state index in [9.17, 15) is 9.59 Å². The Kier molecular flexibility index (Phi) is 3.92. The number of carbonyl (C=O) groups excluding carboxylic acids is 2. The van der Waals surface area contributed by atoms with Crippen LogP contribution in [0, 0.1) is 0 Å². The molecule has 0 aliphatic carbocycles. The molecule has 2 aliphatic rings. The normalized spacial score (nSPS) is 22.4. The highest BCUT2D eigenvalue weighted by molar-refractivity contribution is 5.86. The number of amides is 2. The van der Waals surface area contributed by atoms with Crippen LogP contribution in [0.5, 0.6) is 5.75 Å². The van der Waals surface area contributed by atoms with E-state index in [1.807, 2.05) is 26.0 Å². The predicted octanol–water partition coefficient (Wildman–Crippen LogP) is 1.61. The van der Waals surface area contributed by atoms with Crippen molar-refractivity contribution in [2.75, 3.05) is 18.8 Å². The van der Waals surface area contributed by atoms with Crippen LogP contribution in [0.3, 0.4) is 0 Å². The van der Waals surface area contributed by atoms with Crippen LogP contribution >= 0.6 is 0 Å². The Morgan fingerprint density at radius 3 is 2.96 bits per heavy atom. The van der Waals surface area contributed by atoms with Crippen molar-refractivity contribution in [1.82, 2.24) is 10.2 Å². The number of ether oxygens (including phenoxy) is 1. The molecule has 2 aliphatic heterocycles. The van der Waals surface area contributed by atoms with Gasteiger partial charge in [0, 0.05) is 30.6 Å². The fourth-order valence-electron chi connectivity index (χ4n) is 3.29. The largest absolute Gasteiger partial charge is 0.487 e. The Morgan fingerprint density at radius 1 is 1.48 bits per heavy atom. The number of nitrogens with two attached hydrogens (primary N) is 1. The molecule has 3 rings (SSSR count). The van der Waals surface area contributed by atoms with Crippen molar-refractivity contribution in [1.29, 1.82) is 0 Å². The van der Waals surface area contributed by atoms with Crippen molar-refractivity contribution in [3.8, 4) is 5.75 Å². The summed E-state index contributed by atoms with van der Waals surface area (Å²) in [5.41, 5.74) is 7.03. The number of carbonyl (C=O) groups is 2. The highest BCUT2D eigenvalue weighted by atomic mass is 16.5. The molecule has 2 amide bonds. The third-order valence-electron chi connectivity index (χ3n) is 4.33. The molecular weight excluding hydrogens is 294 g/mol. The van der Waals surface area contributed by atoms with Gasteiger partial charge in [-0.2, -0.15) is 0 Å². The fraction of sp³-hybridized carbons (Fsp3) is 0.529. The van der Waals surface area contributed by atoms with E-state index in [1.54, 1.807) is 11.0 Å². The molecule has 0 radical (unpaired) electrons. The van der Waals surface area contributed by atoms with Crippen molar-refractivity contribution in [3.05, 3.63) is 23.8 Å². The molecular formula is C17H23N3O3. The minimum atomic E-state index is -0.371. The SMILES string of the molecule is CC1(C)CC(NC(=O)CN2CCCC2=O)c2cc(N)ccc2O1. The number of fused-ring (bicyclic) bond motifs is 1. The van der Waals surface area contributed by atoms with Crippen molar-refractivity contribution in [2.24, 2.45) is 0 Å². The van der Waals surface area contributed by atoms with E-state index < -0.39 is 0 Å². The number of hydrogen-bond acceptors (Lipinski definition) is 4. The summed E-state index contributed by atoms with van der Waals surface area (Å²) in [5.74, 6) is 0.659. The summed E-state index contributed by atoms with van der Waals surface area (Å²) in [4.78, 5) is 25.6. The van der Waals surface area contributed by atoms with Gasteiger partial charge in [0.05, 0.1) is 12.6 Å². The second-order valence-electron chi connectivity index (χ2n) is 6.90. The summed E-state index contributed by atoms with van der Waals surface area (Å²) < 4.78 is 5.97. The average Bonchev–Trinajstić information content (AvgIpc) is 2.84. The van der Waals surface area contributed by atoms with Crippen LogP contribution in [-0.4, -0.2) is 35.4 Å². The smallest absolute Gasteiger partial charge is 0.240 e. The van der Waals surface area contributed by atoms with Gasteiger partial charge in [-0.3, -0.25) is 9.59 Å². The van der Waals surface area contributed by atoms with E-state index in [-0.39, 0.29) is 30.0 Å². The van der Waals surface area contributed by atoms with Crippen molar-refractivity contribution in [2.45, 2.75) is 44.8 Å². The molecule has 0 saturated carbocycles. The molecule has 1 aromatic carbocycles. The lowest BCUT2D eigenvalue weighted by atomic mass is 9.89. The van der Waals surface area contributed by atoms with Crippen molar-refractivity contribution < 1.29 is 14.3 Å².